The maximum atomic E-state index is 9.22. The van der Waals surface area contributed by atoms with E-state index in [0.29, 0.717) is 11.6 Å². The molecular formula is C14H16N2O2. The highest BCUT2D eigenvalue weighted by atomic mass is 16.5. The number of aromatic nitrogens is 1. The second-order valence-electron chi connectivity index (χ2n) is 4.08. The minimum atomic E-state index is -0.0663. The smallest absolute Gasteiger partial charge is 0.219 e. The quantitative estimate of drug-likeness (QED) is 0.866. The maximum absolute atomic E-state index is 9.22. The fourth-order valence-corrected chi connectivity index (χ4v) is 1.61. The first-order valence-corrected chi connectivity index (χ1v) is 5.79. The van der Waals surface area contributed by atoms with Crippen LogP contribution in [0.3, 0.4) is 0 Å². The van der Waals surface area contributed by atoms with Gasteiger partial charge in [0, 0.05) is 23.9 Å². The van der Waals surface area contributed by atoms with Gasteiger partial charge in [0.25, 0.3) is 0 Å². The number of benzene rings is 1. The summed E-state index contributed by atoms with van der Waals surface area (Å²) in [6, 6.07) is 10.9. The predicted molar refractivity (Wildman–Crippen MR) is 69.3 cm³/mol. The van der Waals surface area contributed by atoms with Crippen molar-refractivity contribution in [1.82, 2.24) is 4.98 Å². The highest BCUT2D eigenvalue weighted by molar-refractivity contribution is 5.36. The molecule has 0 bridgehead atoms. The molecule has 4 nitrogen and oxygen atoms in total. The summed E-state index contributed by atoms with van der Waals surface area (Å²) in [5.41, 5.74) is 7.50. The Bertz CT molecular complexity index is 527. The monoisotopic (exact) mass is 244 g/mol. The molecule has 0 amide bonds. The molecule has 3 N–H and O–H groups in total. The lowest BCUT2D eigenvalue weighted by atomic mass is 10.1. The van der Waals surface area contributed by atoms with Gasteiger partial charge in [0.05, 0.1) is 6.61 Å². The van der Waals surface area contributed by atoms with E-state index in [-0.39, 0.29) is 12.6 Å². The van der Waals surface area contributed by atoms with E-state index in [1.165, 1.54) is 0 Å². The van der Waals surface area contributed by atoms with Gasteiger partial charge in [-0.1, -0.05) is 18.2 Å². The van der Waals surface area contributed by atoms with Gasteiger partial charge in [0.1, 0.15) is 5.75 Å². The number of para-hydroxylation sites is 1. The molecule has 0 spiro atoms. The zero-order chi connectivity index (χ0) is 13.0. The number of hydrogen-bond acceptors (Lipinski definition) is 4. The Morgan fingerprint density at radius 2 is 2.11 bits per heavy atom. The number of aliphatic hydroxyl groups is 1. The van der Waals surface area contributed by atoms with E-state index in [4.69, 9.17) is 10.5 Å². The van der Waals surface area contributed by atoms with Crippen LogP contribution >= 0.6 is 0 Å². The van der Waals surface area contributed by atoms with E-state index < -0.39 is 0 Å². The SMILES string of the molecule is CC(N)c1ccnc(Oc2ccccc2CO)c1. The molecule has 0 fully saturated rings. The summed E-state index contributed by atoms with van der Waals surface area (Å²) in [7, 11) is 0. The molecule has 94 valence electrons. The molecule has 2 aromatic rings. The lowest BCUT2D eigenvalue weighted by Gasteiger charge is -2.10. The third kappa shape index (κ3) is 2.85. The van der Waals surface area contributed by atoms with Crippen LogP contribution in [0.1, 0.15) is 24.1 Å². The summed E-state index contributed by atoms with van der Waals surface area (Å²) >= 11 is 0. The van der Waals surface area contributed by atoms with Gasteiger partial charge in [0.2, 0.25) is 5.88 Å². The molecule has 2 rings (SSSR count). The van der Waals surface area contributed by atoms with Crippen LogP contribution in [0, 0.1) is 0 Å². The second-order valence-corrected chi connectivity index (χ2v) is 4.08. The molecule has 0 saturated carbocycles. The van der Waals surface area contributed by atoms with Gasteiger partial charge < -0.3 is 15.6 Å². The normalized spacial score (nSPS) is 12.2. The Balaban J connectivity index is 2.25. The van der Waals surface area contributed by atoms with E-state index >= 15 is 0 Å². The number of nitrogens with zero attached hydrogens (tertiary/aromatic N) is 1. The van der Waals surface area contributed by atoms with Gasteiger partial charge in [-0.2, -0.15) is 0 Å². The molecule has 0 radical (unpaired) electrons. The van der Waals surface area contributed by atoms with E-state index in [2.05, 4.69) is 4.98 Å². The van der Waals surface area contributed by atoms with Crippen LogP contribution in [0.15, 0.2) is 42.6 Å². The third-order valence-electron chi connectivity index (χ3n) is 2.64. The average molecular weight is 244 g/mol. The van der Waals surface area contributed by atoms with Gasteiger partial charge in [0.15, 0.2) is 0 Å². The molecule has 1 unspecified atom stereocenters. The van der Waals surface area contributed by atoms with Crippen LogP contribution in [0.2, 0.25) is 0 Å². The van der Waals surface area contributed by atoms with E-state index in [1.807, 2.05) is 31.2 Å². The average Bonchev–Trinajstić information content (AvgIpc) is 2.39. The van der Waals surface area contributed by atoms with Crippen molar-refractivity contribution >= 4 is 0 Å². The molecule has 0 aliphatic carbocycles. The number of rotatable bonds is 4. The zero-order valence-corrected chi connectivity index (χ0v) is 10.2. The van der Waals surface area contributed by atoms with Crippen LogP contribution in [-0.2, 0) is 6.61 Å². The molecule has 18 heavy (non-hydrogen) atoms. The molecule has 4 heteroatoms. The van der Waals surface area contributed by atoms with Gasteiger partial charge in [-0.05, 0) is 24.6 Å². The Hall–Kier alpha value is -1.91. The van der Waals surface area contributed by atoms with Crippen molar-refractivity contribution in [3.05, 3.63) is 53.7 Å². The minimum absolute atomic E-state index is 0.0663. The number of pyridine rings is 1. The van der Waals surface area contributed by atoms with Gasteiger partial charge in [-0.25, -0.2) is 4.98 Å². The summed E-state index contributed by atoms with van der Waals surface area (Å²) in [6.07, 6.45) is 1.66. The number of hydrogen-bond donors (Lipinski definition) is 2. The molecule has 1 atom stereocenters. The second kappa shape index (κ2) is 5.62. The molecule has 0 saturated heterocycles. The Labute approximate surface area is 106 Å². The standard InChI is InChI=1S/C14H16N2O2/c1-10(15)11-6-7-16-14(8-11)18-13-5-3-2-4-12(13)9-17/h2-8,10,17H,9,15H2,1H3. The van der Waals surface area contributed by atoms with Crippen molar-refractivity contribution in [2.24, 2.45) is 5.73 Å². The number of nitrogens with two attached hydrogens (primary N) is 1. The van der Waals surface area contributed by atoms with Gasteiger partial charge >= 0.3 is 0 Å². The van der Waals surface area contributed by atoms with Crippen molar-refractivity contribution in [1.29, 1.82) is 0 Å². The molecule has 0 aliphatic rings. The third-order valence-corrected chi connectivity index (χ3v) is 2.64. The van der Waals surface area contributed by atoms with Crippen LogP contribution in [0.5, 0.6) is 11.6 Å². The number of ether oxygens (including phenoxy) is 1. The molecule has 1 aromatic carbocycles. The Morgan fingerprint density at radius 3 is 2.83 bits per heavy atom. The minimum Gasteiger partial charge on any atom is -0.439 e. The first-order valence-electron chi connectivity index (χ1n) is 5.79. The zero-order valence-electron chi connectivity index (χ0n) is 10.2. The fourth-order valence-electron chi connectivity index (χ4n) is 1.61. The summed E-state index contributed by atoms with van der Waals surface area (Å²) in [5.74, 6) is 1.08. The van der Waals surface area contributed by atoms with E-state index in [1.54, 1.807) is 18.3 Å². The molecule has 0 aliphatic heterocycles. The predicted octanol–water partition coefficient (Wildman–Crippen LogP) is 2.39. The summed E-state index contributed by atoms with van der Waals surface area (Å²) in [6.45, 7) is 1.84. The van der Waals surface area contributed by atoms with E-state index in [9.17, 15) is 5.11 Å². The van der Waals surface area contributed by atoms with Crippen LogP contribution in [0.4, 0.5) is 0 Å². The van der Waals surface area contributed by atoms with Crippen LogP contribution in [-0.4, -0.2) is 10.1 Å². The Morgan fingerprint density at radius 1 is 1.33 bits per heavy atom. The summed E-state index contributed by atoms with van der Waals surface area (Å²) < 4.78 is 5.66. The van der Waals surface area contributed by atoms with Gasteiger partial charge in [-0.15, -0.1) is 0 Å². The Kier molecular flexibility index (Phi) is 3.92. The topological polar surface area (TPSA) is 68.4 Å². The van der Waals surface area contributed by atoms with Crippen LogP contribution < -0.4 is 10.5 Å². The van der Waals surface area contributed by atoms with Crippen molar-refractivity contribution in [2.75, 3.05) is 0 Å². The fraction of sp³-hybridized carbons (Fsp3) is 0.214. The van der Waals surface area contributed by atoms with Crippen molar-refractivity contribution in [3.8, 4) is 11.6 Å². The van der Waals surface area contributed by atoms with Gasteiger partial charge in [-0.3, -0.25) is 0 Å². The summed E-state index contributed by atoms with van der Waals surface area (Å²) in [4.78, 5) is 4.13. The molecule has 1 heterocycles. The maximum Gasteiger partial charge on any atom is 0.219 e. The lowest BCUT2D eigenvalue weighted by molar-refractivity contribution is 0.276. The number of aliphatic hydroxyl groups excluding tert-OH is 1. The lowest BCUT2D eigenvalue weighted by Crippen LogP contribution is -2.05. The highest BCUT2D eigenvalue weighted by Gasteiger charge is 2.06. The van der Waals surface area contributed by atoms with Crippen LogP contribution in [0.25, 0.3) is 0 Å². The van der Waals surface area contributed by atoms with Crippen molar-refractivity contribution in [2.45, 2.75) is 19.6 Å². The highest BCUT2D eigenvalue weighted by Crippen LogP contribution is 2.25. The van der Waals surface area contributed by atoms with Crippen molar-refractivity contribution < 1.29 is 9.84 Å². The van der Waals surface area contributed by atoms with Crippen molar-refractivity contribution in [3.63, 3.8) is 0 Å². The molecular weight excluding hydrogens is 228 g/mol. The molecule has 1 aromatic heterocycles. The largest absolute Gasteiger partial charge is 0.439 e. The first-order chi connectivity index (χ1) is 8.70. The van der Waals surface area contributed by atoms with E-state index in [0.717, 1.165) is 11.1 Å². The summed E-state index contributed by atoms with van der Waals surface area (Å²) in [5, 5.41) is 9.22. The first kappa shape index (κ1) is 12.5.